The normalized spacial score (nSPS) is 11.5. The highest BCUT2D eigenvalue weighted by molar-refractivity contribution is 7.92. The maximum Gasteiger partial charge on any atom is 0.279 e. The highest BCUT2D eigenvalue weighted by atomic mass is 32.2. The minimum Gasteiger partial charge on any atom is -0.313 e. The Balaban J connectivity index is 2.28. The summed E-state index contributed by atoms with van der Waals surface area (Å²) in [6.07, 6.45) is 1.46. The van der Waals surface area contributed by atoms with Crippen molar-refractivity contribution in [3.63, 3.8) is 0 Å². The van der Waals surface area contributed by atoms with E-state index in [1.54, 1.807) is 19.2 Å². The average molecular weight is 294 g/mol. The van der Waals surface area contributed by atoms with Crippen molar-refractivity contribution in [3.05, 3.63) is 42.1 Å². The van der Waals surface area contributed by atoms with Gasteiger partial charge in [-0.1, -0.05) is 25.1 Å². The molecule has 108 valence electrons. The molecule has 0 aliphatic carbocycles. The summed E-state index contributed by atoms with van der Waals surface area (Å²) in [6, 6.07) is 8.80. The lowest BCUT2D eigenvalue weighted by Gasteiger charge is -2.12. The Morgan fingerprint density at radius 1 is 1.25 bits per heavy atom. The van der Waals surface area contributed by atoms with E-state index in [1.165, 1.54) is 16.9 Å². The van der Waals surface area contributed by atoms with Gasteiger partial charge in [-0.05, 0) is 24.2 Å². The van der Waals surface area contributed by atoms with E-state index in [-0.39, 0.29) is 5.03 Å². The van der Waals surface area contributed by atoms with Gasteiger partial charge in [0.15, 0.2) is 5.03 Å². The maximum atomic E-state index is 12.3. The average Bonchev–Trinajstić information content (AvgIpc) is 2.84. The first kappa shape index (κ1) is 14.5. The fourth-order valence-electron chi connectivity index (χ4n) is 1.86. The lowest BCUT2D eigenvalue weighted by Crippen LogP contribution is -2.19. The van der Waals surface area contributed by atoms with Gasteiger partial charge >= 0.3 is 0 Å². The summed E-state index contributed by atoms with van der Waals surface area (Å²) in [5, 5.41) is 7.20. The van der Waals surface area contributed by atoms with E-state index in [1.807, 2.05) is 19.1 Å². The first-order valence-electron chi connectivity index (χ1n) is 6.34. The quantitative estimate of drug-likeness (QED) is 0.843. The molecule has 0 atom stereocenters. The molecule has 2 rings (SSSR count). The number of nitrogens with zero attached hydrogens (tertiary/aromatic N) is 2. The SMILES string of the molecule is CCNCc1ccccc1NS(=O)(=O)c1ccnn1C. The highest BCUT2D eigenvalue weighted by Crippen LogP contribution is 2.19. The fraction of sp³-hybridized carbons (Fsp3) is 0.308. The van der Waals surface area contributed by atoms with Crippen LogP contribution in [0.15, 0.2) is 41.6 Å². The second kappa shape index (κ2) is 6.06. The third-order valence-electron chi connectivity index (χ3n) is 2.88. The van der Waals surface area contributed by atoms with E-state index < -0.39 is 10.0 Å². The predicted molar refractivity (Wildman–Crippen MR) is 77.8 cm³/mol. The van der Waals surface area contributed by atoms with Crippen LogP contribution >= 0.6 is 0 Å². The zero-order valence-electron chi connectivity index (χ0n) is 11.5. The van der Waals surface area contributed by atoms with Crippen molar-refractivity contribution in [3.8, 4) is 0 Å². The number of aryl methyl sites for hydroxylation is 1. The molecule has 0 amide bonds. The number of hydrogen-bond donors (Lipinski definition) is 2. The molecule has 0 bridgehead atoms. The van der Waals surface area contributed by atoms with Crippen LogP contribution in [0.5, 0.6) is 0 Å². The number of hydrogen-bond acceptors (Lipinski definition) is 4. The summed E-state index contributed by atoms with van der Waals surface area (Å²) in [4.78, 5) is 0. The summed E-state index contributed by atoms with van der Waals surface area (Å²) >= 11 is 0. The van der Waals surface area contributed by atoms with E-state index in [2.05, 4.69) is 15.1 Å². The molecule has 0 radical (unpaired) electrons. The van der Waals surface area contributed by atoms with Gasteiger partial charge in [0.25, 0.3) is 10.0 Å². The zero-order valence-corrected chi connectivity index (χ0v) is 12.3. The van der Waals surface area contributed by atoms with E-state index in [4.69, 9.17) is 0 Å². The van der Waals surface area contributed by atoms with Gasteiger partial charge in [0, 0.05) is 13.6 Å². The summed E-state index contributed by atoms with van der Waals surface area (Å²) in [7, 11) is -2.03. The largest absolute Gasteiger partial charge is 0.313 e. The van der Waals surface area contributed by atoms with Crippen LogP contribution < -0.4 is 10.0 Å². The Hall–Kier alpha value is -1.86. The lowest BCUT2D eigenvalue weighted by atomic mass is 10.2. The Labute approximate surface area is 118 Å². The van der Waals surface area contributed by atoms with E-state index in [0.717, 1.165) is 12.1 Å². The van der Waals surface area contributed by atoms with Gasteiger partial charge < -0.3 is 5.32 Å². The molecule has 7 heteroatoms. The molecular weight excluding hydrogens is 276 g/mol. The minimum absolute atomic E-state index is 0.135. The number of rotatable bonds is 6. The topological polar surface area (TPSA) is 76.0 Å². The molecule has 6 nitrogen and oxygen atoms in total. The Morgan fingerprint density at radius 2 is 2.00 bits per heavy atom. The molecule has 0 aliphatic heterocycles. The van der Waals surface area contributed by atoms with Crippen molar-refractivity contribution >= 4 is 15.7 Å². The molecule has 1 heterocycles. The first-order chi connectivity index (χ1) is 9.54. The van der Waals surface area contributed by atoms with Crippen molar-refractivity contribution in [2.24, 2.45) is 7.05 Å². The van der Waals surface area contributed by atoms with Crippen molar-refractivity contribution in [1.29, 1.82) is 0 Å². The number of benzene rings is 1. The molecule has 0 aliphatic rings. The third kappa shape index (κ3) is 3.17. The highest BCUT2D eigenvalue weighted by Gasteiger charge is 2.19. The number of aromatic nitrogens is 2. The molecule has 0 saturated carbocycles. The minimum atomic E-state index is -3.63. The maximum absolute atomic E-state index is 12.3. The van der Waals surface area contributed by atoms with Crippen molar-refractivity contribution in [2.75, 3.05) is 11.3 Å². The summed E-state index contributed by atoms with van der Waals surface area (Å²) in [5.41, 5.74) is 1.48. The van der Waals surface area contributed by atoms with E-state index >= 15 is 0 Å². The molecule has 20 heavy (non-hydrogen) atoms. The molecule has 0 saturated heterocycles. The summed E-state index contributed by atoms with van der Waals surface area (Å²) in [5.74, 6) is 0. The van der Waals surface area contributed by atoms with Crippen LogP contribution in [-0.2, 0) is 23.6 Å². The van der Waals surface area contributed by atoms with Crippen molar-refractivity contribution in [1.82, 2.24) is 15.1 Å². The monoisotopic (exact) mass is 294 g/mol. The summed E-state index contributed by atoms with van der Waals surface area (Å²) < 4.78 is 28.6. The zero-order chi connectivity index (χ0) is 14.6. The molecular formula is C13H18N4O2S. The molecule has 2 N–H and O–H groups in total. The lowest BCUT2D eigenvalue weighted by molar-refractivity contribution is 0.582. The number of anilines is 1. The van der Waals surface area contributed by atoms with Gasteiger partial charge in [-0.3, -0.25) is 9.40 Å². The Kier molecular flexibility index (Phi) is 4.41. The van der Waals surface area contributed by atoms with Gasteiger partial charge in [0.1, 0.15) is 0 Å². The standard InChI is InChI=1S/C13H18N4O2S/c1-3-14-10-11-6-4-5-7-12(11)16-20(18,19)13-8-9-15-17(13)2/h4-9,14,16H,3,10H2,1-2H3. The van der Waals surface area contributed by atoms with Gasteiger partial charge in [-0.2, -0.15) is 13.5 Å². The van der Waals surface area contributed by atoms with Gasteiger partial charge in [-0.15, -0.1) is 0 Å². The van der Waals surface area contributed by atoms with Crippen molar-refractivity contribution in [2.45, 2.75) is 18.5 Å². The Morgan fingerprint density at radius 3 is 2.65 bits per heavy atom. The number of sulfonamides is 1. The first-order valence-corrected chi connectivity index (χ1v) is 7.82. The molecule has 0 spiro atoms. The van der Waals surface area contributed by atoms with Gasteiger partial charge in [0.05, 0.1) is 11.9 Å². The van der Waals surface area contributed by atoms with Crippen LogP contribution in [0.25, 0.3) is 0 Å². The molecule has 0 fully saturated rings. The van der Waals surface area contributed by atoms with E-state index in [0.29, 0.717) is 12.2 Å². The second-order valence-electron chi connectivity index (χ2n) is 4.34. The fourth-order valence-corrected chi connectivity index (χ4v) is 3.08. The molecule has 1 aromatic heterocycles. The molecule has 2 aromatic rings. The predicted octanol–water partition coefficient (Wildman–Crippen LogP) is 1.33. The Bertz CT molecular complexity index is 679. The third-order valence-corrected chi connectivity index (χ3v) is 4.32. The van der Waals surface area contributed by atoms with E-state index in [9.17, 15) is 8.42 Å². The van der Waals surface area contributed by atoms with Crippen LogP contribution in [0.3, 0.4) is 0 Å². The summed E-state index contributed by atoms with van der Waals surface area (Å²) in [6.45, 7) is 3.44. The van der Waals surface area contributed by atoms with Crippen LogP contribution in [-0.4, -0.2) is 24.7 Å². The van der Waals surface area contributed by atoms with Gasteiger partial charge in [-0.25, -0.2) is 0 Å². The van der Waals surface area contributed by atoms with Crippen LogP contribution in [0.2, 0.25) is 0 Å². The number of nitrogens with one attached hydrogen (secondary N) is 2. The molecule has 1 aromatic carbocycles. The van der Waals surface area contributed by atoms with Gasteiger partial charge in [0.2, 0.25) is 0 Å². The number of para-hydroxylation sites is 1. The second-order valence-corrected chi connectivity index (χ2v) is 5.97. The van der Waals surface area contributed by atoms with Crippen LogP contribution in [0.1, 0.15) is 12.5 Å². The van der Waals surface area contributed by atoms with Crippen LogP contribution in [0, 0.1) is 0 Å². The molecule has 0 unspecified atom stereocenters. The van der Waals surface area contributed by atoms with Crippen molar-refractivity contribution < 1.29 is 8.42 Å². The van der Waals surface area contributed by atoms with Crippen LogP contribution in [0.4, 0.5) is 5.69 Å². The smallest absolute Gasteiger partial charge is 0.279 e.